The number of rotatable bonds is 3. The molecule has 2 aliphatic rings. The fraction of sp³-hybridized carbons (Fsp3) is 0.273. The summed E-state index contributed by atoms with van der Waals surface area (Å²) >= 11 is 0. The summed E-state index contributed by atoms with van der Waals surface area (Å²) in [7, 11) is 0. The summed E-state index contributed by atoms with van der Waals surface area (Å²) in [6, 6.07) is 10.9. The van der Waals surface area contributed by atoms with Crippen LogP contribution < -0.4 is 9.47 Å². The lowest BCUT2D eigenvalue weighted by Crippen LogP contribution is -2.38. The number of hydrogen-bond donors (Lipinski definition) is 1. The van der Waals surface area contributed by atoms with Crippen LogP contribution in [0, 0.1) is 0 Å². The summed E-state index contributed by atoms with van der Waals surface area (Å²) in [5.41, 5.74) is 0.764. The molecule has 2 heterocycles. The minimum Gasteiger partial charge on any atom is -0.507 e. The monoisotopic (exact) mass is 380 g/mol. The topological polar surface area (TPSA) is 82.1 Å². The second-order valence-electron chi connectivity index (χ2n) is 7.18. The van der Waals surface area contributed by atoms with Gasteiger partial charge in [-0.1, -0.05) is 30.3 Å². The Morgan fingerprint density at radius 2 is 2.07 bits per heavy atom. The van der Waals surface area contributed by atoms with Gasteiger partial charge in [0.2, 0.25) is 0 Å². The third kappa shape index (κ3) is 3.22. The molecule has 28 heavy (non-hydrogen) atoms. The number of ketones is 1. The van der Waals surface area contributed by atoms with E-state index in [2.05, 4.69) is 0 Å². The lowest BCUT2D eigenvalue weighted by atomic mass is 9.91. The van der Waals surface area contributed by atoms with Crippen LogP contribution in [0.4, 0.5) is 0 Å². The Bertz CT molecular complexity index is 978. The number of esters is 1. The summed E-state index contributed by atoms with van der Waals surface area (Å²) in [5.74, 6) is -0.0924. The molecule has 2 atom stereocenters. The number of ether oxygens (including phenoxy) is 3. The minimum absolute atomic E-state index is 0.0303. The maximum atomic E-state index is 12.7. The van der Waals surface area contributed by atoms with Crippen LogP contribution >= 0.6 is 0 Å². The predicted octanol–water partition coefficient (Wildman–Crippen LogP) is 3.83. The van der Waals surface area contributed by atoms with E-state index in [9.17, 15) is 14.7 Å². The number of hydrogen-bond acceptors (Lipinski definition) is 6. The molecule has 1 N–H and O–H groups in total. The molecule has 6 heteroatoms. The quantitative estimate of drug-likeness (QED) is 0.815. The second kappa shape index (κ2) is 6.71. The third-order valence-corrected chi connectivity index (χ3v) is 4.85. The highest BCUT2D eigenvalue weighted by atomic mass is 16.6. The Morgan fingerprint density at radius 3 is 2.79 bits per heavy atom. The molecule has 0 spiro atoms. The molecule has 2 aliphatic heterocycles. The van der Waals surface area contributed by atoms with E-state index in [1.807, 2.05) is 30.3 Å². The standard InChI is InChI=1S/C22H20O6/c1-13(23)26-12-22(2)9-8-15-19(28-22)11-17(25)20-16(24)10-18(27-21(15)20)14-6-4-3-5-7-14/h3-9,11,18,25H,10,12H2,1-2H3/t18-,22?/m0/s1. The normalized spacial score (nSPS) is 22.5. The van der Waals surface area contributed by atoms with Gasteiger partial charge in [0, 0.05) is 13.0 Å². The van der Waals surface area contributed by atoms with Gasteiger partial charge >= 0.3 is 5.97 Å². The predicted molar refractivity (Wildman–Crippen MR) is 102 cm³/mol. The van der Waals surface area contributed by atoms with Gasteiger partial charge in [0.05, 0.1) is 12.0 Å². The summed E-state index contributed by atoms with van der Waals surface area (Å²) < 4.78 is 17.2. The first-order valence-corrected chi connectivity index (χ1v) is 9.03. The van der Waals surface area contributed by atoms with Gasteiger partial charge in [-0.2, -0.15) is 0 Å². The van der Waals surface area contributed by atoms with Crippen molar-refractivity contribution in [1.29, 1.82) is 0 Å². The number of carbonyl (C=O) groups is 2. The van der Waals surface area contributed by atoms with E-state index >= 15 is 0 Å². The Hall–Kier alpha value is -3.28. The van der Waals surface area contributed by atoms with Crippen LogP contribution in [-0.4, -0.2) is 29.1 Å². The zero-order valence-electron chi connectivity index (χ0n) is 15.6. The van der Waals surface area contributed by atoms with Crippen LogP contribution in [0.2, 0.25) is 0 Å². The fourth-order valence-corrected chi connectivity index (χ4v) is 3.45. The zero-order chi connectivity index (χ0) is 19.9. The minimum atomic E-state index is -0.878. The summed E-state index contributed by atoms with van der Waals surface area (Å²) in [6.07, 6.45) is 3.25. The molecular formula is C22H20O6. The summed E-state index contributed by atoms with van der Waals surface area (Å²) in [4.78, 5) is 23.8. The number of phenolic OH excluding ortho intramolecular Hbond substituents is 1. The molecular weight excluding hydrogens is 360 g/mol. The molecule has 0 saturated heterocycles. The van der Waals surface area contributed by atoms with Crippen molar-refractivity contribution >= 4 is 17.8 Å². The van der Waals surface area contributed by atoms with Crippen LogP contribution in [0.25, 0.3) is 6.08 Å². The molecule has 144 valence electrons. The number of benzene rings is 2. The van der Waals surface area contributed by atoms with E-state index in [-0.39, 0.29) is 30.1 Å². The van der Waals surface area contributed by atoms with Crippen molar-refractivity contribution in [2.45, 2.75) is 32.0 Å². The third-order valence-electron chi connectivity index (χ3n) is 4.85. The zero-order valence-corrected chi connectivity index (χ0v) is 15.6. The van der Waals surface area contributed by atoms with Gasteiger partial charge in [-0.3, -0.25) is 9.59 Å². The highest BCUT2D eigenvalue weighted by molar-refractivity contribution is 6.04. The Labute approximate surface area is 162 Å². The van der Waals surface area contributed by atoms with Gasteiger partial charge in [0.15, 0.2) is 11.4 Å². The van der Waals surface area contributed by atoms with E-state index in [0.29, 0.717) is 17.1 Å². The first-order valence-electron chi connectivity index (χ1n) is 9.03. The molecule has 0 fully saturated rings. The van der Waals surface area contributed by atoms with Crippen molar-refractivity contribution < 1.29 is 28.9 Å². The summed E-state index contributed by atoms with van der Waals surface area (Å²) in [5, 5.41) is 10.4. The molecule has 0 aromatic heterocycles. The number of carbonyl (C=O) groups excluding carboxylic acids is 2. The van der Waals surface area contributed by atoms with Gasteiger partial charge in [-0.15, -0.1) is 0 Å². The van der Waals surface area contributed by atoms with E-state index in [1.165, 1.54) is 13.0 Å². The molecule has 0 aliphatic carbocycles. The van der Waals surface area contributed by atoms with Crippen LogP contribution in [0.1, 0.15) is 47.9 Å². The number of phenols is 1. The molecule has 1 unspecified atom stereocenters. The second-order valence-corrected chi connectivity index (χ2v) is 7.18. The Balaban J connectivity index is 1.72. The van der Waals surface area contributed by atoms with Crippen molar-refractivity contribution in [3.8, 4) is 17.2 Å². The van der Waals surface area contributed by atoms with Crippen molar-refractivity contribution in [3.63, 3.8) is 0 Å². The average molecular weight is 380 g/mol. The van der Waals surface area contributed by atoms with Crippen LogP contribution in [-0.2, 0) is 9.53 Å². The highest BCUT2D eigenvalue weighted by Gasteiger charge is 2.37. The lowest BCUT2D eigenvalue weighted by Gasteiger charge is -2.34. The Kier molecular flexibility index (Phi) is 4.34. The first kappa shape index (κ1) is 18.1. The SMILES string of the molecule is CC(=O)OCC1(C)C=Cc2c(cc(O)c3c2O[C@H](c2ccccc2)CC3=O)O1. The molecule has 0 saturated carbocycles. The van der Waals surface area contributed by atoms with Gasteiger partial charge in [-0.25, -0.2) is 0 Å². The molecule has 0 bridgehead atoms. The van der Waals surface area contributed by atoms with E-state index in [1.54, 1.807) is 19.1 Å². The van der Waals surface area contributed by atoms with Crippen LogP contribution in [0.15, 0.2) is 42.5 Å². The van der Waals surface area contributed by atoms with Crippen molar-refractivity contribution in [2.24, 2.45) is 0 Å². The maximum absolute atomic E-state index is 12.7. The van der Waals surface area contributed by atoms with Crippen molar-refractivity contribution in [1.82, 2.24) is 0 Å². The first-order chi connectivity index (χ1) is 13.4. The lowest BCUT2D eigenvalue weighted by molar-refractivity contribution is -0.145. The van der Waals surface area contributed by atoms with Gasteiger partial charge in [0.1, 0.15) is 35.5 Å². The number of fused-ring (bicyclic) bond motifs is 3. The van der Waals surface area contributed by atoms with Gasteiger partial charge in [-0.05, 0) is 24.6 Å². The molecule has 6 nitrogen and oxygen atoms in total. The maximum Gasteiger partial charge on any atom is 0.302 e. The molecule has 0 amide bonds. The van der Waals surface area contributed by atoms with E-state index < -0.39 is 17.7 Å². The molecule has 2 aromatic rings. The number of Topliss-reactive ketones (excluding diaryl/α,β-unsaturated/α-hetero) is 1. The summed E-state index contributed by atoms with van der Waals surface area (Å²) in [6.45, 7) is 3.13. The fourth-order valence-electron chi connectivity index (χ4n) is 3.45. The van der Waals surface area contributed by atoms with Gasteiger partial charge in [0.25, 0.3) is 0 Å². The average Bonchev–Trinajstić information content (AvgIpc) is 2.66. The number of aromatic hydroxyl groups is 1. The van der Waals surface area contributed by atoms with E-state index in [0.717, 1.165) is 5.56 Å². The Morgan fingerprint density at radius 1 is 1.32 bits per heavy atom. The smallest absolute Gasteiger partial charge is 0.302 e. The van der Waals surface area contributed by atoms with Crippen molar-refractivity contribution in [2.75, 3.05) is 6.61 Å². The van der Waals surface area contributed by atoms with E-state index in [4.69, 9.17) is 14.2 Å². The molecule has 4 rings (SSSR count). The molecule has 2 aromatic carbocycles. The van der Waals surface area contributed by atoms with Crippen molar-refractivity contribution in [3.05, 3.63) is 59.2 Å². The highest BCUT2D eigenvalue weighted by Crippen LogP contribution is 2.48. The van der Waals surface area contributed by atoms with Crippen LogP contribution in [0.5, 0.6) is 17.2 Å². The largest absolute Gasteiger partial charge is 0.507 e. The van der Waals surface area contributed by atoms with Gasteiger partial charge < -0.3 is 19.3 Å². The molecule has 0 radical (unpaired) electrons. The van der Waals surface area contributed by atoms with Crippen LogP contribution in [0.3, 0.4) is 0 Å².